The highest BCUT2D eigenvalue weighted by Crippen LogP contribution is 2.31. The Labute approximate surface area is 115 Å². The summed E-state index contributed by atoms with van der Waals surface area (Å²) >= 11 is 18.2. The van der Waals surface area contributed by atoms with Crippen LogP contribution in [0, 0.1) is 13.8 Å². The maximum atomic E-state index is 5.96. The van der Waals surface area contributed by atoms with Gasteiger partial charge in [0.05, 0.1) is 0 Å². The first-order valence-electron chi connectivity index (χ1n) is 4.46. The molecule has 0 aromatic heterocycles. The van der Waals surface area contributed by atoms with Crippen LogP contribution in [0.2, 0.25) is 0 Å². The van der Waals surface area contributed by atoms with Crippen LogP contribution in [-0.2, 0) is 0 Å². The summed E-state index contributed by atoms with van der Waals surface area (Å²) in [5, 5.41) is 0. The van der Waals surface area contributed by atoms with Gasteiger partial charge in [-0.2, -0.15) is 0 Å². The van der Waals surface area contributed by atoms with Crippen LogP contribution in [0.15, 0.2) is 43.4 Å². The van der Waals surface area contributed by atoms with Crippen LogP contribution in [0.5, 0.6) is 0 Å². The Bertz CT molecular complexity index is 489. The van der Waals surface area contributed by atoms with E-state index in [0.717, 1.165) is 10.5 Å². The van der Waals surface area contributed by atoms with Crippen LogP contribution < -0.4 is 0 Å². The van der Waals surface area contributed by atoms with Gasteiger partial charge in [-0.25, -0.2) is 0 Å². The van der Waals surface area contributed by atoms with Crippen molar-refractivity contribution < 1.29 is 0 Å². The molecule has 1 rings (SSSR count). The number of hydrogen-bond donors (Lipinski definition) is 0. The predicted octanol–water partition coefficient (Wildman–Crippen LogP) is 5.55. The van der Waals surface area contributed by atoms with E-state index in [2.05, 4.69) is 29.7 Å². The Morgan fingerprint density at radius 3 is 2.44 bits per heavy atom. The molecule has 0 aliphatic heterocycles. The Kier molecular flexibility index (Phi) is 5.58. The molecule has 4 heteroatoms. The zero-order chi connectivity index (χ0) is 12.1. The van der Waals surface area contributed by atoms with Gasteiger partial charge < -0.3 is 0 Å². The summed E-state index contributed by atoms with van der Waals surface area (Å²) in [7, 11) is 0. The molecule has 16 heavy (non-hydrogen) atoms. The molecule has 0 aliphatic rings. The number of benzene rings is 1. The van der Waals surface area contributed by atoms with Crippen molar-refractivity contribution in [3.8, 4) is 0 Å². The Hall–Kier alpha value is -0.260. The minimum Gasteiger partial charge on any atom is -0.0685 e. The molecular weight excluding hydrogens is 283 g/mol. The first-order valence-corrected chi connectivity index (χ1v) is 6.41. The van der Waals surface area contributed by atoms with E-state index in [9.17, 15) is 0 Å². The van der Waals surface area contributed by atoms with Crippen LogP contribution in [0.1, 0.15) is 11.1 Å². The maximum Gasteiger partial charge on any atom is 0.156 e. The van der Waals surface area contributed by atoms with Crippen LogP contribution in [0.25, 0.3) is 0 Å². The van der Waals surface area contributed by atoms with Crippen molar-refractivity contribution >= 4 is 46.6 Å². The van der Waals surface area contributed by atoms with Crippen molar-refractivity contribution in [2.45, 2.75) is 18.7 Å². The molecule has 0 bridgehead atoms. The zero-order valence-electron chi connectivity index (χ0n) is 8.77. The second-order valence-corrected chi connectivity index (χ2v) is 5.76. The lowest BCUT2D eigenvalue weighted by Gasteiger charge is -2.03. The maximum absolute atomic E-state index is 5.96. The van der Waals surface area contributed by atoms with E-state index in [-0.39, 0.29) is 4.49 Å². The number of rotatable bonds is 2. The molecule has 0 N–H and O–H groups in total. The van der Waals surface area contributed by atoms with Gasteiger partial charge in [0.2, 0.25) is 0 Å². The Morgan fingerprint density at radius 2 is 1.81 bits per heavy atom. The molecule has 0 heterocycles. The normalized spacial score (nSPS) is 9.31. The van der Waals surface area contributed by atoms with Crippen molar-refractivity contribution in [1.29, 1.82) is 0 Å². The second-order valence-electron chi connectivity index (χ2n) is 3.16. The molecule has 0 fully saturated rings. The fraction of sp³-hybridized carbons (Fsp3) is 0.167. The van der Waals surface area contributed by atoms with Crippen molar-refractivity contribution in [2.24, 2.45) is 0 Å². The third kappa shape index (κ3) is 4.72. The lowest BCUT2D eigenvalue weighted by molar-refractivity contribution is 1.26. The van der Waals surface area contributed by atoms with Gasteiger partial charge >= 0.3 is 0 Å². The quantitative estimate of drug-likeness (QED) is 0.508. The van der Waals surface area contributed by atoms with Gasteiger partial charge in [0.15, 0.2) is 4.49 Å². The summed E-state index contributed by atoms with van der Waals surface area (Å²) in [6, 6.07) is 6.17. The molecule has 0 nitrogen and oxygen atoms in total. The summed E-state index contributed by atoms with van der Waals surface area (Å²) in [5.74, 6) is 0. The topological polar surface area (TPSA) is 0 Å². The SMILES string of the molecule is Cc1ccc(C)c(SC(Cl)=C=C=C(Cl)Cl)c1. The van der Waals surface area contributed by atoms with E-state index >= 15 is 0 Å². The number of aryl methyl sites for hydroxylation is 2. The molecule has 0 spiro atoms. The van der Waals surface area contributed by atoms with Gasteiger partial charge in [0, 0.05) is 4.90 Å². The van der Waals surface area contributed by atoms with Crippen LogP contribution in [-0.4, -0.2) is 0 Å². The molecule has 0 aliphatic carbocycles. The average Bonchev–Trinajstić information content (AvgIpc) is 2.20. The standard InChI is InChI=1S/C12H9Cl3S/c1-8-3-4-9(2)10(7-8)16-12(15)6-5-11(13)14/h3-4,7H,1-2H3. The highest BCUT2D eigenvalue weighted by molar-refractivity contribution is 8.04. The molecule has 1 aromatic carbocycles. The lowest BCUT2D eigenvalue weighted by Crippen LogP contribution is -1.80. The Morgan fingerprint density at radius 1 is 1.12 bits per heavy atom. The van der Waals surface area contributed by atoms with Gasteiger partial charge in [-0.05, 0) is 42.5 Å². The predicted molar refractivity (Wildman–Crippen MR) is 73.4 cm³/mol. The summed E-state index contributed by atoms with van der Waals surface area (Å²) in [6.45, 7) is 4.06. The molecule has 0 atom stereocenters. The van der Waals surface area contributed by atoms with E-state index in [1.54, 1.807) is 0 Å². The monoisotopic (exact) mass is 290 g/mol. The van der Waals surface area contributed by atoms with E-state index in [1.165, 1.54) is 17.3 Å². The van der Waals surface area contributed by atoms with E-state index in [1.807, 2.05) is 13.8 Å². The fourth-order valence-electron chi connectivity index (χ4n) is 1.04. The minimum absolute atomic E-state index is 0.0136. The summed E-state index contributed by atoms with van der Waals surface area (Å²) in [6.07, 6.45) is 0. The van der Waals surface area contributed by atoms with Crippen LogP contribution >= 0.6 is 46.6 Å². The smallest absolute Gasteiger partial charge is 0.0685 e. The highest BCUT2D eigenvalue weighted by Gasteiger charge is 2.01. The van der Waals surface area contributed by atoms with E-state index in [4.69, 9.17) is 34.8 Å². The number of halogens is 3. The molecule has 1 aromatic rings. The minimum atomic E-state index is 0.0136. The van der Waals surface area contributed by atoms with Gasteiger partial charge in [0.25, 0.3) is 0 Å². The van der Waals surface area contributed by atoms with Crippen molar-refractivity contribution in [1.82, 2.24) is 0 Å². The van der Waals surface area contributed by atoms with E-state index < -0.39 is 0 Å². The average molecular weight is 292 g/mol. The van der Waals surface area contributed by atoms with Gasteiger partial charge in [-0.15, -0.1) is 0 Å². The molecule has 0 saturated carbocycles. The number of thioether (sulfide) groups is 1. The molecular formula is C12H9Cl3S. The first kappa shape index (κ1) is 13.8. The Balaban J connectivity index is 3.02. The summed E-state index contributed by atoms with van der Waals surface area (Å²) < 4.78 is 0.465. The van der Waals surface area contributed by atoms with Crippen molar-refractivity contribution in [2.75, 3.05) is 0 Å². The molecule has 84 valence electrons. The van der Waals surface area contributed by atoms with Gasteiger partial charge in [0.1, 0.15) is 4.36 Å². The number of hydrogen-bond acceptors (Lipinski definition) is 1. The van der Waals surface area contributed by atoms with Crippen molar-refractivity contribution in [3.63, 3.8) is 0 Å². The highest BCUT2D eigenvalue weighted by atomic mass is 35.5. The third-order valence-electron chi connectivity index (χ3n) is 1.80. The molecule has 0 saturated heterocycles. The van der Waals surface area contributed by atoms with Crippen molar-refractivity contribution in [3.05, 3.63) is 49.6 Å². The fourth-order valence-corrected chi connectivity index (χ4v) is 2.20. The molecule has 0 unspecified atom stereocenters. The summed E-state index contributed by atoms with van der Waals surface area (Å²) in [5.41, 5.74) is 7.53. The van der Waals surface area contributed by atoms with Gasteiger partial charge in [-0.1, -0.05) is 58.7 Å². The van der Waals surface area contributed by atoms with E-state index in [0.29, 0.717) is 4.36 Å². The van der Waals surface area contributed by atoms with Crippen LogP contribution in [0.3, 0.4) is 0 Å². The van der Waals surface area contributed by atoms with Crippen LogP contribution in [0.4, 0.5) is 0 Å². The molecule has 0 amide bonds. The third-order valence-corrected chi connectivity index (χ3v) is 3.25. The second kappa shape index (κ2) is 6.47. The van der Waals surface area contributed by atoms with Gasteiger partial charge in [-0.3, -0.25) is 0 Å². The summed E-state index contributed by atoms with van der Waals surface area (Å²) in [4.78, 5) is 1.09. The first-order chi connectivity index (χ1) is 7.49. The zero-order valence-corrected chi connectivity index (χ0v) is 11.9. The molecule has 0 radical (unpaired) electrons. The lowest BCUT2D eigenvalue weighted by atomic mass is 10.2. The largest absolute Gasteiger partial charge is 0.156 e.